The lowest BCUT2D eigenvalue weighted by atomic mass is 9.68. The summed E-state index contributed by atoms with van der Waals surface area (Å²) in [6, 6.07) is 5.48. The van der Waals surface area contributed by atoms with E-state index >= 15 is 0 Å². The Morgan fingerprint density at radius 2 is 2.20 bits per heavy atom. The predicted octanol–water partition coefficient (Wildman–Crippen LogP) is 1.59. The molecule has 1 aliphatic carbocycles. The number of benzene rings is 1. The van der Waals surface area contributed by atoms with Crippen LogP contribution in [0.3, 0.4) is 0 Å². The van der Waals surface area contributed by atoms with E-state index in [0.717, 1.165) is 16.4 Å². The number of carboxylic acid groups (broad SMARTS) is 1. The van der Waals surface area contributed by atoms with Gasteiger partial charge in [-0.3, -0.25) is 4.79 Å². The Balaban J connectivity index is 0.000000569. The van der Waals surface area contributed by atoms with Gasteiger partial charge in [-0.1, -0.05) is 6.07 Å². The normalized spacial score (nSPS) is 19.2. The summed E-state index contributed by atoms with van der Waals surface area (Å²) in [7, 11) is -0.980. The first-order chi connectivity index (χ1) is 12.0. The quantitative estimate of drug-likeness (QED) is 0.531. The van der Waals surface area contributed by atoms with Gasteiger partial charge in [0.15, 0.2) is 0 Å². The fraction of sp³-hybridized carbons (Fsp3) is 0.188. The highest BCUT2D eigenvalue weighted by Crippen LogP contribution is 2.40. The largest absolute Gasteiger partial charge is 0.487 e. The molecule has 0 saturated carbocycles. The highest BCUT2D eigenvalue weighted by molar-refractivity contribution is 6.55. The zero-order chi connectivity index (χ0) is 18.0. The molecule has 1 saturated heterocycles. The van der Waals surface area contributed by atoms with Crippen molar-refractivity contribution in [1.82, 2.24) is 10.2 Å². The lowest BCUT2D eigenvalue weighted by Crippen LogP contribution is -2.18. The lowest BCUT2D eigenvalue weighted by Gasteiger charge is -2.19. The van der Waals surface area contributed by atoms with Gasteiger partial charge in [0.1, 0.15) is 5.83 Å². The van der Waals surface area contributed by atoms with Gasteiger partial charge in [0.05, 0.1) is 17.4 Å². The Labute approximate surface area is 142 Å². The van der Waals surface area contributed by atoms with Crippen molar-refractivity contribution in [1.29, 1.82) is 0 Å². The van der Waals surface area contributed by atoms with Gasteiger partial charge >= 0.3 is 7.12 Å². The molecule has 7 nitrogen and oxygen atoms in total. The molecule has 1 atom stereocenters. The van der Waals surface area contributed by atoms with Gasteiger partial charge in [0, 0.05) is 24.3 Å². The molecule has 1 aromatic heterocycles. The number of hydrogen-bond acceptors (Lipinski definition) is 6. The third-order valence-electron chi connectivity index (χ3n) is 4.20. The number of aromatic nitrogens is 2. The van der Waals surface area contributed by atoms with Gasteiger partial charge in [-0.05, 0) is 34.8 Å². The van der Waals surface area contributed by atoms with Crippen molar-refractivity contribution in [2.75, 3.05) is 12.3 Å². The van der Waals surface area contributed by atoms with E-state index in [2.05, 4.69) is 10.2 Å². The topological polar surface area (TPSA) is 119 Å². The standard InChI is InChI=1S/C15H13BFN3O2.CH2O2/c17-10-3-9-7-22-16(21)15(9)12(5-10)8-1-2-11-13(18)6-19-20-14(11)4-8;2-1-3/h1-2,4-6,9,21H,3,7H2,(H2,18,20);1H,(H,2,3). The molecule has 25 heavy (non-hydrogen) atoms. The van der Waals surface area contributed by atoms with E-state index in [4.69, 9.17) is 20.3 Å². The lowest BCUT2D eigenvalue weighted by molar-refractivity contribution is -0.122. The number of rotatable bonds is 1. The van der Waals surface area contributed by atoms with Gasteiger partial charge in [0.25, 0.3) is 6.47 Å². The number of allylic oxidation sites excluding steroid dienone is 3. The number of nitrogens with zero attached hydrogens (tertiary/aromatic N) is 2. The molecule has 9 heteroatoms. The van der Waals surface area contributed by atoms with Gasteiger partial charge in [0.2, 0.25) is 0 Å². The number of nitrogen functional groups attached to an aromatic ring is 1. The Bertz CT molecular complexity index is 887. The highest BCUT2D eigenvalue weighted by atomic mass is 19.1. The number of fused-ring (bicyclic) bond motifs is 2. The molecule has 2 aromatic rings. The van der Waals surface area contributed by atoms with E-state index in [-0.39, 0.29) is 24.6 Å². The van der Waals surface area contributed by atoms with Crippen molar-refractivity contribution < 1.29 is 24.0 Å². The molecular formula is C16H15BFN3O4. The predicted molar refractivity (Wildman–Crippen MR) is 90.8 cm³/mol. The average molecular weight is 343 g/mol. The SMILES string of the molecule is Nc1cnnc2cc(C3=C4B(O)OCC4CC(F)=C3)ccc12.O=CO. The van der Waals surface area contributed by atoms with Gasteiger partial charge in [-0.15, -0.1) is 0 Å². The molecule has 1 aromatic carbocycles. The van der Waals surface area contributed by atoms with Crippen LogP contribution in [0.15, 0.2) is 41.8 Å². The summed E-state index contributed by atoms with van der Waals surface area (Å²) in [6.07, 6.45) is 3.23. The van der Waals surface area contributed by atoms with E-state index in [1.165, 1.54) is 12.3 Å². The van der Waals surface area contributed by atoms with Crippen molar-refractivity contribution in [3.05, 3.63) is 47.3 Å². The Morgan fingerprint density at radius 3 is 2.96 bits per heavy atom. The zero-order valence-corrected chi connectivity index (χ0v) is 13.1. The van der Waals surface area contributed by atoms with E-state index in [1.807, 2.05) is 12.1 Å². The van der Waals surface area contributed by atoms with E-state index < -0.39 is 7.12 Å². The van der Waals surface area contributed by atoms with Crippen molar-refractivity contribution in [2.45, 2.75) is 6.42 Å². The van der Waals surface area contributed by atoms with Crippen LogP contribution < -0.4 is 5.73 Å². The molecule has 0 radical (unpaired) electrons. The monoisotopic (exact) mass is 343 g/mol. The molecule has 4 N–H and O–H groups in total. The Morgan fingerprint density at radius 1 is 1.44 bits per heavy atom. The molecule has 2 aliphatic rings. The second-order valence-corrected chi connectivity index (χ2v) is 5.68. The fourth-order valence-corrected chi connectivity index (χ4v) is 3.14. The summed E-state index contributed by atoms with van der Waals surface area (Å²) in [4.78, 5) is 8.36. The van der Waals surface area contributed by atoms with Crippen molar-refractivity contribution >= 4 is 35.8 Å². The average Bonchev–Trinajstić information content (AvgIpc) is 2.96. The number of carbonyl (C=O) groups is 1. The number of hydrogen-bond donors (Lipinski definition) is 3. The van der Waals surface area contributed by atoms with Crippen LogP contribution in [-0.2, 0) is 9.45 Å². The maximum absolute atomic E-state index is 13.9. The smallest absolute Gasteiger partial charge is 0.483 e. The van der Waals surface area contributed by atoms with Crippen LogP contribution in [0.5, 0.6) is 0 Å². The second kappa shape index (κ2) is 7.00. The molecule has 4 rings (SSSR count). The van der Waals surface area contributed by atoms with Crippen LogP contribution >= 0.6 is 0 Å². The third kappa shape index (κ3) is 3.24. The van der Waals surface area contributed by atoms with Crippen LogP contribution in [0.4, 0.5) is 10.1 Å². The van der Waals surface area contributed by atoms with Crippen molar-refractivity contribution in [3.8, 4) is 0 Å². The summed E-state index contributed by atoms with van der Waals surface area (Å²) < 4.78 is 19.2. The molecule has 1 aliphatic heterocycles. The molecular weight excluding hydrogens is 328 g/mol. The van der Waals surface area contributed by atoms with Crippen molar-refractivity contribution in [2.24, 2.45) is 5.92 Å². The highest BCUT2D eigenvalue weighted by Gasteiger charge is 2.39. The second-order valence-electron chi connectivity index (χ2n) is 5.68. The third-order valence-corrected chi connectivity index (χ3v) is 4.20. The number of anilines is 1. The van der Waals surface area contributed by atoms with E-state index in [1.54, 1.807) is 6.07 Å². The maximum Gasteiger partial charge on any atom is 0.487 e. The fourth-order valence-electron chi connectivity index (χ4n) is 3.14. The molecule has 0 spiro atoms. The Kier molecular flexibility index (Phi) is 4.78. The summed E-state index contributed by atoms with van der Waals surface area (Å²) >= 11 is 0. The molecule has 0 amide bonds. The summed E-state index contributed by atoms with van der Waals surface area (Å²) in [5.41, 5.74) is 9.21. The molecule has 2 heterocycles. The van der Waals surface area contributed by atoms with E-state index in [0.29, 0.717) is 23.4 Å². The minimum atomic E-state index is -0.980. The zero-order valence-electron chi connectivity index (χ0n) is 13.1. The first kappa shape index (κ1) is 17.1. The van der Waals surface area contributed by atoms with Crippen LogP contribution in [0, 0.1) is 5.92 Å². The minimum Gasteiger partial charge on any atom is -0.483 e. The van der Waals surface area contributed by atoms with Crippen LogP contribution in [0.2, 0.25) is 0 Å². The summed E-state index contributed by atoms with van der Waals surface area (Å²) in [5.74, 6) is -0.321. The van der Waals surface area contributed by atoms with Crippen LogP contribution in [0.25, 0.3) is 16.5 Å². The molecule has 1 fully saturated rings. The van der Waals surface area contributed by atoms with Crippen LogP contribution in [0.1, 0.15) is 12.0 Å². The van der Waals surface area contributed by atoms with Gasteiger partial charge in [-0.25, -0.2) is 4.39 Å². The molecule has 1 unspecified atom stereocenters. The first-order valence-electron chi connectivity index (χ1n) is 7.54. The summed E-state index contributed by atoms with van der Waals surface area (Å²) in [6.45, 7) is 0.0849. The Hall–Kier alpha value is -2.78. The van der Waals surface area contributed by atoms with Crippen molar-refractivity contribution in [3.63, 3.8) is 0 Å². The number of nitrogens with two attached hydrogens (primary N) is 1. The maximum atomic E-state index is 13.9. The van der Waals surface area contributed by atoms with Gasteiger partial charge in [-0.2, -0.15) is 10.2 Å². The van der Waals surface area contributed by atoms with Gasteiger partial charge < -0.3 is 20.5 Å². The molecule has 128 valence electrons. The summed E-state index contributed by atoms with van der Waals surface area (Å²) in [5, 5.41) is 25.6. The molecule has 0 bridgehead atoms. The van der Waals surface area contributed by atoms with E-state index in [9.17, 15) is 9.41 Å². The minimum absolute atomic E-state index is 0.113. The van der Waals surface area contributed by atoms with Crippen LogP contribution in [-0.4, -0.2) is 40.5 Å². The number of halogens is 1. The first-order valence-corrected chi connectivity index (χ1v) is 7.54.